The van der Waals surface area contributed by atoms with Crippen molar-refractivity contribution in [2.75, 3.05) is 18.6 Å². The third kappa shape index (κ3) is 11.2. The topological polar surface area (TPSA) is 66.4 Å². The van der Waals surface area contributed by atoms with E-state index in [1.807, 2.05) is 6.26 Å². The number of carbonyl (C=O) groups excluding carboxylic acids is 1. The first-order valence-electron chi connectivity index (χ1n) is 5.14. The van der Waals surface area contributed by atoms with Gasteiger partial charge in [0.15, 0.2) is 0 Å². The minimum atomic E-state index is -0.751. The lowest BCUT2D eigenvalue weighted by Crippen LogP contribution is -2.24. The molecule has 0 rings (SSSR count). The number of rotatable bonds is 9. The van der Waals surface area contributed by atoms with Crippen LogP contribution >= 0.6 is 11.8 Å². The van der Waals surface area contributed by atoms with Crippen molar-refractivity contribution >= 4 is 23.6 Å². The Hall–Kier alpha value is -0.710. The molecule has 0 aromatic rings. The van der Waals surface area contributed by atoms with Crippen LogP contribution in [0.1, 0.15) is 32.1 Å². The van der Waals surface area contributed by atoms with Crippen molar-refractivity contribution in [3.63, 3.8) is 0 Å². The summed E-state index contributed by atoms with van der Waals surface area (Å²) in [5.74, 6) is 0.187. The lowest BCUT2D eigenvalue weighted by Gasteiger charge is -2.03. The Kier molecular flexibility index (Phi) is 9.36. The number of thioether (sulfide) groups is 1. The number of carboxylic acids is 1. The smallest absolute Gasteiger partial charge is 0.303 e. The summed E-state index contributed by atoms with van der Waals surface area (Å²) >= 11 is 1.65. The minimum absolute atomic E-state index is 0.0857. The van der Waals surface area contributed by atoms with Crippen LogP contribution in [0.3, 0.4) is 0 Å². The van der Waals surface area contributed by atoms with Gasteiger partial charge in [-0.15, -0.1) is 0 Å². The molecule has 0 spiro atoms. The largest absolute Gasteiger partial charge is 0.481 e. The van der Waals surface area contributed by atoms with E-state index in [1.54, 1.807) is 11.8 Å². The molecular formula is C10H19NO3S. The summed E-state index contributed by atoms with van der Waals surface area (Å²) in [6, 6.07) is 0. The molecule has 0 unspecified atom stereocenters. The molecule has 88 valence electrons. The highest BCUT2D eigenvalue weighted by Crippen LogP contribution is 1.99. The lowest BCUT2D eigenvalue weighted by atomic mass is 10.2. The van der Waals surface area contributed by atoms with Crippen LogP contribution in [0.25, 0.3) is 0 Å². The van der Waals surface area contributed by atoms with Gasteiger partial charge in [0.05, 0.1) is 0 Å². The monoisotopic (exact) mass is 233 g/mol. The molecule has 0 saturated heterocycles. The molecule has 0 aromatic heterocycles. The summed E-state index contributed by atoms with van der Waals surface area (Å²) in [4.78, 5) is 21.3. The molecule has 0 aliphatic carbocycles. The Bertz CT molecular complexity index is 197. The molecule has 5 heteroatoms. The molecular weight excluding hydrogens is 214 g/mol. The molecule has 0 bridgehead atoms. The van der Waals surface area contributed by atoms with Gasteiger partial charge >= 0.3 is 5.97 Å². The Morgan fingerprint density at radius 3 is 2.53 bits per heavy atom. The van der Waals surface area contributed by atoms with Gasteiger partial charge in [0.25, 0.3) is 0 Å². The molecule has 0 aliphatic heterocycles. The van der Waals surface area contributed by atoms with Gasteiger partial charge in [-0.05, 0) is 19.1 Å². The van der Waals surface area contributed by atoms with Crippen LogP contribution in [0.15, 0.2) is 0 Å². The van der Waals surface area contributed by atoms with Crippen molar-refractivity contribution in [1.82, 2.24) is 5.32 Å². The van der Waals surface area contributed by atoms with E-state index in [9.17, 15) is 9.59 Å². The maximum atomic E-state index is 11.1. The fraction of sp³-hybridized carbons (Fsp3) is 0.800. The van der Waals surface area contributed by atoms with Crippen LogP contribution in [0.2, 0.25) is 0 Å². The van der Waals surface area contributed by atoms with Crippen molar-refractivity contribution < 1.29 is 14.7 Å². The molecule has 0 fully saturated rings. The molecule has 4 nitrogen and oxygen atoms in total. The molecule has 0 atom stereocenters. The van der Waals surface area contributed by atoms with Gasteiger partial charge in [0.2, 0.25) is 5.91 Å². The first-order chi connectivity index (χ1) is 7.16. The van der Waals surface area contributed by atoms with Crippen LogP contribution in [0.4, 0.5) is 0 Å². The van der Waals surface area contributed by atoms with Crippen LogP contribution in [0.5, 0.6) is 0 Å². The van der Waals surface area contributed by atoms with Crippen molar-refractivity contribution in [2.45, 2.75) is 32.1 Å². The van der Waals surface area contributed by atoms with Crippen LogP contribution < -0.4 is 5.32 Å². The second-order valence-electron chi connectivity index (χ2n) is 3.30. The third-order valence-electron chi connectivity index (χ3n) is 1.92. The molecule has 2 N–H and O–H groups in total. The molecule has 0 aromatic carbocycles. The minimum Gasteiger partial charge on any atom is -0.481 e. The van der Waals surface area contributed by atoms with Crippen molar-refractivity contribution in [3.8, 4) is 0 Å². The number of carbonyl (C=O) groups is 2. The highest BCUT2D eigenvalue weighted by Gasteiger charge is 1.99. The zero-order chi connectivity index (χ0) is 11.5. The molecule has 15 heavy (non-hydrogen) atoms. The van der Waals surface area contributed by atoms with Crippen LogP contribution in [-0.2, 0) is 9.59 Å². The number of hydrogen-bond donors (Lipinski definition) is 2. The average Bonchev–Trinajstić information content (AvgIpc) is 2.19. The number of unbranched alkanes of at least 4 members (excludes halogenated alkanes) is 2. The van der Waals surface area contributed by atoms with E-state index < -0.39 is 5.97 Å². The molecule has 0 saturated carbocycles. The summed E-state index contributed by atoms with van der Waals surface area (Å²) in [5, 5.41) is 11.2. The fourth-order valence-corrected chi connectivity index (χ4v) is 1.48. The van der Waals surface area contributed by atoms with E-state index in [0.717, 1.165) is 18.6 Å². The Balaban J connectivity index is 3.16. The molecule has 0 radical (unpaired) electrons. The predicted octanol–water partition coefficient (Wildman–Crippen LogP) is 1.50. The van der Waals surface area contributed by atoms with E-state index in [2.05, 4.69) is 5.32 Å². The zero-order valence-electron chi connectivity index (χ0n) is 9.12. The van der Waals surface area contributed by atoms with Gasteiger partial charge in [0.1, 0.15) is 0 Å². The highest BCUT2D eigenvalue weighted by atomic mass is 32.2. The van der Waals surface area contributed by atoms with Crippen molar-refractivity contribution in [1.29, 1.82) is 0 Å². The number of amides is 1. The maximum absolute atomic E-state index is 11.1. The third-order valence-corrected chi connectivity index (χ3v) is 2.54. The Morgan fingerprint density at radius 1 is 1.20 bits per heavy atom. The average molecular weight is 233 g/mol. The normalized spacial score (nSPS) is 9.93. The second-order valence-corrected chi connectivity index (χ2v) is 4.28. The van der Waals surface area contributed by atoms with Crippen LogP contribution in [-0.4, -0.2) is 35.5 Å². The van der Waals surface area contributed by atoms with Gasteiger partial charge < -0.3 is 10.4 Å². The number of hydrogen-bond acceptors (Lipinski definition) is 3. The zero-order valence-corrected chi connectivity index (χ0v) is 9.94. The molecule has 1 amide bonds. The number of nitrogens with one attached hydrogen (secondary N) is 1. The fourth-order valence-electron chi connectivity index (χ4n) is 1.09. The van der Waals surface area contributed by atoms with E-state index in [1.165, 1.54) is 0 Å². The van der Waals surface area contributed by atoms with Gasteiger partial charge in [-0.3, -0.25) is 9.59 Å². The number of carboxylic acid groups (broad SMARTS) is 1. The summed E-state index contributed by atoms with van der Waals surface area (Å²) in [5.41, 5.74) is 0. The van der Waals surface area contributed by atoms with Gasteiger partial charge in [-0.25, -0.2) is 0 Å². The maximum Gasteiger partial charge on any atom is 0.303 e. The number of aliphatic carboxylic acids is 1. The molecule has 0 aliphatic rings. The summed E-state index contributed by atoms with van der Waals surface area (Å²) in [6.45, 7) is 0.660. The quantitative estimate of drug-likeness (QED) is 0.592. The summed E-state index contributed by atoms with van der Waals surface area (Å²) in [7, 11) is 0. The Morgan fingerprint density at radius 2 is 1.93 bits per heavy atom. The SMILES string of the molecule is CSCCC(=O)NCCCCCC(=O)O. The lowest BCUT2D eigenvalue weighted by molar-refractivity contribution is -0.137. The van der Waals surface area contributed by atoms with Crippen molar-refractivity contribution in [2.24, 2.45) is 0 Å². The van der Waals surface area contributed by atoms with E-state index in [0.29, 0.717) is 19.4 Å². The highest BCUT2D eigenvalue weighted by molar-refractivity contribution is 7.98. The van der Waals surface area contributed by atoms with Crippen molar-refractivity contribution in [3.05, 3.63) is 0 Å². The van der Waals surface area contributed by atoms with Gasteiger partial charge in [-0.2, -0.15) is 11.8 Å². The van der Waals surface area contributed by atoms with Gasteiger partial charge in [-0.1, -0.05) is 6.42 Å². The second kappa shape index (κ2) is 9.83. The first-order valence-corrected chi connectivity index (χ1v) is 6.53. The Labute approximate surface area is 94.8 Å². The standard InChI is InChI=1S/C10H19NO3S/c1-15-8-6-9(12)11-7-4-2-3-5-10(13)14/h2-8H2,1H3,(H,11,12)(H,13,14). The van der Waals surface area contributed by atoms with E-state index >= 15 is 0 Å². The molecule has 0 heterocycles. The first kappa shape index (κ1) is 14.3. The van der Waals surface area contributed by atoms with Crippen LogP contribution in [0, 0.1) is 0 Å². The van der Waals surface area contributed by atoms with E-state index in [4.69, 9.17) is 5.11 Å². The van der Waals surface area contributed by atoms with Gasteiger partial charge in [0, 0.05) is 25.1 Å². The van der Waals surface area contributed by atoms with E-state index in [-0.39, 0.29) is 12.3 Å². The summed E-state index contributed by atoms with van der Waals surface area (Å²) in [6.07, 6.45) is 5.17. The predicted molar refractivity (Wildman–Crippen MR) is 62.1 cm³/mol. The summed E-state index contributed by atoms with van der Waals surface area (Å²) < 4.78 is 0.